The lowest BCUT2D eigenvalue weighted by molar-refractivity contribution is -0.126. The highest BCUT2D eigenvalue weighted by atomic mass is 16.5. The van der Waals surface area contributed by atoms with Gasteiger partial charge in [-0.3, -0.25) is 0 Å². The van der Waals surface area contributed by atoms with Crippen LogP contribution in [0.5, 0.6) is 0 Å². The van der Waals surface area contributed by atoms with Crippen LogP contribution < -0.4 is 0 Å². The topological polar surface area (TPSA) is 29.5 Å². The van der Waals surface area contributed by atoms with Crippen LogP contribution in [-0.2, 0) is 9.53 Å². The van der Waals surface area contributed by atoms with E-state index in [9.17, 15) is 4.79 Å². The largest absolute Gasteiger partial charge is 0.380 e. The van der Waals surface area contributed by atoms with Gasteiger partial charge in [0.15, 0.2) is 0 Å². The highest BCUT2D eigenvalue weighted by molar-refractivity contribution is 5.60. The van der Waals surface area contributed by atoms with Crippen LogP contribution in [0.3, 0.4) is 0 Å². The number of hydrogen-bond donors (Lipinski definition) is 0. The predicted octanol–water partition coefficient (Wildman–Crippen LogP) is 2.88. The quantitative estimate of drug-likeness (QED) is 0.734. The van der Waals surface area contributed by atoms with E-state index in [-0.39, 0.29) is 5.41 Å². The van der Waals surface area contributed by atoms with Crippen molar-refractivity contribution in [2.75, 3.05) is 26.8 Å². The van der Waals surface area contributed by atoms with Gasteiger partial charge in [-0.05, 0) is 51.0 Å². The average Bonchev–Trinajstić information content (AvgIpc) is 2.39. The minimum Gasteiger partial charge on any atom is -0.380 e. The van der Waals surface area contributed by atoms with Crippen molar-refractivity contribution in [1.29, 1.82) is 0 Å². The fraction of sp³-hybridized carbons (Fsp3) is 0.938. The van der Waals surface area contributed by atoms with Gasteiger partial charge >= 0.3 is 0 Å². The molecule has 3 nitrogen and oxygen atoms in total. The van der Waals surface area contributed by atoms with Gasteiger partial charge in [0.1, 0.15) is 6.29 Å². The Morgan fingerprint density at radius 3 is 2.47 bits per heavy atom. The maximum absolute atomic E-state index is 11.5. The third-order valence-corrected chi connectivity index (χ3v) is 5.10. The molecule has 1 unspecified atom stereocenters. The zero-order chi connectivity index (χ0) is 13.9. The zero-order valence-electron chi connectivity index (χ0n) is 12.8. The average molecular weight is 267 g/mol. The Morgan fingerprint density at radius 2 is 1.95 bits per heavy atom. The molecule has 1 saturated heterocycles. The van der Waals surface area contributed by atoms with Gasteiger partial charge in [0.25, 0.3) is 0 Å². The molecule has 2 rings (SSSR count). The van der Waals surface area contributed by atoms with Gasteiger partial charge in [0.05, 0.1) is 12.0 Å². The molecule has 2 fully saturated rings. The maximum Gasteiger partial charge on any atom is 0.129 e. The van der Waals surface area contributed by atoms with Gasteiger partial charge in [0, 0.05) is 19.2 Å². The van der Waals surface area contributed by atoms with E-state index in [1.165, 1.54) is 25.7 Å². The molecule has 1 saturated carbocycles. The Labute approximate surface area is 117 Å². The summed E-state index contributed by atoms with van der Waals surface area (Å²) in [5.74, 6) is 0. The second-order valence-corrected chi connectivity index (χ2v) is 7.45. The van der Waals surface area contributed by atoms with E-state index in [1.54, 1.807) is 0 Å². The Kier molecular flexibility index (Phi) is 4.67. The minimum absolute atomic E-state index is 0.250. The third kappa shape index (κ3) is 3.79. The number of rotatable bonds is 4. The van der Waals surface area contributed by atoms with E-state index in [0.717, 1.165) is 32.3 Å². The first kappa shape index (κ1) is 15.0. The molecule has 0 N–H and O–H groups in total. The van der Waals surface area contributed by atoms with E-state index in [2.05, 4.69) is 25.8 Å². The summed E-state index contributed by atoms with van der Waals surface area (Å²) in [6.45, 7) is 7.02. The van der Waals surface area contributed by atoms with Gasteiger partial charge in [-0.25, -0.2) is 0 Å². The predicted molar refractivity (Wildman–Crippen MR) is 77.2 cm³/mol. The van der Waals surface area contributed by atoms with Crippen LogP contribution in [0, 0.1) is 10.8 Å². The van der Waals surface area contributed by atoms with E-state index in [0.29, 0.717) is 18.1 Å². The summed E-state index contributed by atoms with van der Waals surface area (Å²) in [5, 5.41) is 0. The first-order valence-electron chi connectivity index (χ1n) is 7.71. The van der Waals surface area contributed by atoms with Crippen molar-refractivity contribution in [1.82, 2.24) is 4.90 Å². The number of aldehydes is 1. The highest BCUT2D eigenvalue weighted by Gasteiger charge is 2.36. The molecular formula is C16H29NO2. The van der Waals surface area contributed by atoms with Crippen LogP contribution in [0.2, 0.25) is 0 Å². The number of carbonyl (C=O) groups excluding carboxylic acids is 1. The molecule has 1 aliphatic carbocycles. The SMILES string of the molecule is CN(CC1(C=O)CCCOC1)C1CCC(C)(C)CC1. The fourth-order valence-electron chi connectivity index (χ4n) is 3.58. The van der Waals surface area contributed by atoms with Crippen molar-refractivity contribution in [2.24, 2.45) is 10.8 Å². The first-order chi connectivity index (χ1) is 8.96. The van der Waals surface area contributed by atoms with E-state index in [4.69, 9.17) is 4.74 Å². The zero-order valence-corrected chi connectivity index (χ0v) is 12.8. The number of hydrogen-bond acceptors (Lipinski definition) is 3. The second-order valence-electron chi connectivity index (χ2n) is 7.45. The van der Waals surface area contributed by atoms with Crippen molar-refractivity contribution < 1.29 is 9.53 Å². The summed E-state index contributed by atoms with van der Waals surface area (Å²) in [4.78, 5) is 13.9. The monoisotopic (exact) mass is 267 g/mol. The van der Waals surface area contributed by atoms with Crippen molar-refractivity contribution in [3.63, 3.8) is 0 Å². The summed E-state index contributed by atoms with van der Waals surface area (Å²) >= 11 is 0. The molecule has 2 aliphatic rings. The normalized spacial score (nSPS) is 32.4. The van der Waals surface area contributed by atoms with Crippen molar-refractivity contribution in [3.05, 3.63) is 0 Å². The summed E-state index contributed by atoms with van der Waals surface area (Å²) in [6, 6.07) is 0.645. The summed E-state index contributed by atoms with van der Waals surface area (Å²) < 4.78 is 5.54. The molecule has 19 heavy (non-hydrogen) atoms. The van der Waals surface area contributed by atoms with E-state index < -0.39 is 0 Å². The molecular weight excluding hydrogens is 238 g/mol. The van der Waals surface area contributed by atoms with Gasteiger partial charge in [-0.15, -0.1) is 0 Å². The third-order valence-electron chi connectivity index (χ3n) is 5.10. The fourth-order valence-corrected chi connectivity index (χ4v) is 3.58. The molecule has 110 valence electrons. The van der Waals surface area contributed by atoms with Crippen molar-refractivity contribution >= 4 is 6.29 Å². The molecule has 3 heteroatoms. The molecule has 0 amide bonds. The van der Waals surface area contributed by atoms with Crippen LogP contribution in [0.4, 0.5) is 0 Å². The molecule has 1 atom stereocenters. The Hall–Kier alpha value is -0.410. The molecule has 1 aliphatic heterocycles. The summed E-state index contributed by atoms with van der Waals surface area (Å²) in [6.07, 6.45) is 8.27. The lowest BCUT2D eigenvalue weighted by Gasteiger charge is -2.42. The smallest absolute Gasteiger partial charge is 0.129 e. The summed E-state index contributed by atoms with van der Waals surface area (Å²) in [7, 11) is 2.18. The van der Waals surface area contributed by atoms with Crippen molar-refractivity contribution in [3.8, 4) is 0 Å². The van der Waals surface area contributed by atoms with Crippen LogP contribution in [-0.4, -0.2) is 44.0 Å². The molecule has 0 bridgehead atoms. The number of ether oxygens (including phenoxy) is 1. The molecule has 0 aromatic rings. The molecule has 0 aromatic carbocycles. The van der Waals surface area contributed by atoms with Crippen LogP contribution >= 0.6 is 0 Å². The van der Waals surface area contributed by atoms with Crippen molar-refractivity contribution in [2.45, 2.75) is 58.4 Å². The van der Waals surface area contributed by atoms with Crippen LogP contribution in [0.15, 0.2) is 0 Å². The van der Waals surface area contributed by atoms with Gasteiger partial charge in [0.2, 0.25) is 0 Å². The lowest BCUT2D eigenvalue weighted by atomic mass is 9.74. The van der Waals surface area contributed by atoms with Gasteiger partial charge in [-0.1, -0.05) is 13.8 Å². The standard InChI is InChI=1S/C16H29NO2/c1-15(2)8-5-14(6-9-15)17(3)11-16(12-18)7-4-10-19-13-16/h12,14H,4-11,13H2,1-3H3. The molecule has 1 heterocycles. The molecule has 0 radical (unpaired) electrons. The molecule has 0 spiro atoms. The maximum atomic E-state index is 11.5. The number of carbonyl (C=O) groups is 1. The van der Waals surface area contributed by atoms with Gasteiger partial charge in [-0.2, -0.15) is 0 Å². The van der Waals surface area contributed by atoms with E-state index in [1.807, 2.05) is 0 Å². The summed E-state index contributed by atoms with van der Waals surface area (Å²) in [5.41, 5.74) is 0.258. The van der Waals surface area contributed by atoms with E-state index >= 15 is 0 Å². The lowest BCUT2D eigenvalue weighted by Crippen LogP contribution is -2.47. The van der Waals surface area contributed by atoms with Crippen LogP contribution in [0.25, 0.3) is 0 Å². The Morgan fingerprint density at radius 1 is 1.26 bits per heavy atom. The minimum atomic E-state index is -0.250. The first-order valence-corrected chi connectivity index (χ1v) is 7.71. The van der Waals surface area contributed by atoms with Gasteiger partial charge < -0.3 is 14.4 Å². The highest BCUT2D eigenvalue weighted by Crippen LogP contribution is 2.37. The Bertz CT molecular complexity index is 298. The second kappa shape index (κ2) is 5.92. The number of nitrogens with zero attached hydrogens (tertiary/aromatic N) is 1. The molecule has 0 aromatic heterocycles. The Balaban J connectivity index is 1.89. The van der Waals surface area contributed by atoms with Crippen LogP contribution in [0.1, 0.15) is 52.4 Å².